The normalized spacial score (nSPS) is 19.3. The number of hydrogen-bond acceptors (Lipinski definition) is 5. The predicted octanol–water partition coefficient (Wildman–Crippen LogP) is 3.08. The van der Waals surface area contributed by atoms with Crippen LogP contribution < -0.4 is 5.73 Å². The van der Waals surface area contributed by atoms with Crippen molar-refractivity contribution in [3.05, 3.63) is 48.3 Å². The summed E-state index contributed by atoms with van der Waals surface area (Å²) in [5, 5.41) is 4.56. The van der Waals surface area contributed by atoms with E-state index in [-0.39, 0.29) is 11.9 Å². The number of piperidine rings is 1. The van der Waals surface area contributed by atoms with Crippen molar-refractivity contribution in [2.45, 2.75) is 44.1 Å². The quantitative estimate of drug-likeness (QED) is 0.656. The second-order valence-electron chi connectivity index (χ2n) is 8.36. The van der Waals surface area contributed by atoms with E-state index >= 15 is 0 Å². The average molecular weight is 428 g/mol. The summed E-state index contributed by atoms with van der Waals surface area (Å²) in [5.74, 6) is 2.55. The molecule has 162 valence electrons. The Labute approximate surface area is 183 Å². The zero-order chi connectivity index (χ0) is 20.8. The number of nitrogens with zero attached hydrogens (tertiary/aromatic N) is 4. The minimum Gasteiger partial charge on any atom is -0.331 e. The molecule has 2 aliphatic rings. The molecule has 1 aromatic heterocycles. The molecule has 2 aliphatic heterocycles. The summed E-state index contributed by atoms with van der Waals surface area (Å²) in [7, 11) is 0. The highest BCUT2D eigenvalue weighted by Crippen LogP contribution is 2.29. The molecule has 1 amide bonds. The van der Waals surface area contributed by atoms with E-state index in [9.17, 15) is 4.79 Å². The first-order valence-corrected chi connectivity index (χ1v) is 12.3. The largest absolute Gasteiger partial charge is 0.331 e. The van der Waals surface area contributed by atoms with Crippen LogP contribution in [0.5, 0.6) is 0 Å². The maximum Gasteiger partial charge on any atom is 0.240 e. The third-order valence-corrected chi connectivity index (χ3v) is 7.27. The highest BCUT2D eigenvalue weighted by atomic mass is 32.2. The molecule has 30 heavy (non-hydrogen) atoms. The fourth-order valence-corrected chi connectivity index (χ4v) is 5.46. The molecular weight excluding hydrogens is 394 g/mol. The van der Waals surface area contributed by atoms with Crippen LogP contribution in [0.3, 0.4) is 0 Å². The summed E-state index contributed by atoms with van der Waals surface area (Å²) >= 11 is 1.81. The first-order valence-electron chi connectivity index (χ1n) is 11.2. The van der Waals surface area contributed by atoms with Crippen LogP contribution in [-0.2, 0) is 4.79 Å². The maximum absolute atomic E-state index is 12.3. The van der Waals surface area contributed by atoms with Crippen molar-refractivity contribution in [1.29, 1.82) is 0 Å². The number of unbranched alkanes of at least 4 members (excludes halogenated alkanes) is 1. The lowest BCUT2D eigenvalue weighted by atomic mass is 9.93. The van der Waals surface area contributed by atoms with Gasteiger partial charge in [-0.25, -0.2) is 4.68 Å². The number of nitrogens with two attached hydrogens (primary N) is 1. The Bertz CT molecular complexity index is 797. The lowest BCUT2D eigenvalue weighted by Crippen LogP contribution is -2.42. The van der Waals surface area contributed by atoms with E-state index in [1.165, 1.54) is 18.5 Å². The molecule has 0 radical (unpaired) electrons. The number of thioether (sulfide) groups is 1. The van der Waals surface area contributed by atoms with Gasteiger partial charge in [-0.05, 0) is 63.5 Å². The van der Waals surface area contributed by atoms with Crippen LogP contribution in [0.4, 0.5) is 0 Å². The topological polar surface area (TPSA) is 67.4 Å². The molecule has 3 heterocycles. The molecule has 7 heteroatoms. The number of benzene rings is 1. The van der Waals surface area contributed by atoms with Gasteiger partial charge in [0.2, 0.25) is 5.91 Å². The van der Waals surface area contributed by atoms with Gasteiger partial charge in [-0.3, -0.25) is 4.79 Å². The van der Waals surface area contributed by atoms with Gasteiger partial charge < -0.3 is 15.5 Å². The van der Waals surface area contributed by atoms with Gasteiger partial charge in [0.25, 0.3) is 0 Å². The van der Waals surface area contributed by atoms with Gasteiger partial charge >= 0.3 is 0 Å². The van der Waals surface area contributed by atoms with Crippen molar-refractivity contribution in [2.24, 2.45) is 5.73 Å². The highest BCUT2D eigenvalue weighted by Gasteiger charge is 2.25. The Balaban J connectivity index is 1.18. The van der Waals surface area contributed by atoms with Crippen LogP contribution in [0.1, 0.15) is 43.7 Å². The number of carbonyl (C=O) groups is 1. The van der Waals surface area contributed by atoms with E-state index < -0.39 is 0 Å². The van der Waals surface area contributed by atoms with Crippen molar-refractivity contribution < 1.29 is 4.79 Å². The minimum atomic E-state index is -0.326. The van der Waals surface area contributed by atoms with Gasteiger partial charge in [0.05, 0.1) is 17.6 Å². The smallest absolute Gasteiger partial charge is 0.240 e. The van der Waals surface area contributed by atoms with Gasteiger partial charge in [0, 0.05) is 30.1 Å². The van der Waals surface area contributed by atoms with Crippen molar-refractivity contribution in [3.8, 4) is 5.69 Å². The summed E-state index contributed by atoms with van der Waals surface area (Å²) in [6, 6.07) is 12.2. The van der Waals surface area contributed by atoms with Crippen LogP contribution in [0.25, 0.3) is 5.69 Å². The summed E-state index contributed by atoms with van der Waals surface area (Å²) < 4.78 is 2.09. The SMILES string of the molecule is N[C@@H](CCCCN1CCC(c2ccnn2-c2ccccc2)CC1)C(=O)N1CCSC1. The van der Waals surface area contributed by atoms with Crippen LogP contribution >= 0.6 is 11.8 Å². The Morgan fingerprint density at radius 2 is 1.93 bits per heavy atom. The summed E-state index contributed by atoms with van der Waals surface area (Å²) in [6.07, 6.45) is 7.19. The molecule has 0 spiro atoms. The van der Waals surface area contributed by atoms with Crippen molar-refractivity contribution in [3.63, 3.8) is 0 Å². The lowest BCUT2D eigenvalue weighted by Gasteiger charge is -2.32. The molecule has 0 saturated carbocycles. The van der Waals surface area contributed by atoms with E-state index in [0.29, 0.717) is 5.92 Å². The molecule has 2 fully saturated rings. The molecule has 0 bridgehead atoms. The number of para-hydroxylation sites is 1. The Hall–Kier alpha value is -1.83. The first kappa shape index (κ1) is 21.4. The molecule has 0 aliphatic carbocycles. The zero-order valence-electron chi connectivity index (χ0n) is 17.7. The number of rotatable bonds is 8. The van der Waals surface area contributed by atoms with Crippen molar-refractivity contribution in [2.75, 3.05) is 37.8 Å². The van der Waals surface area contributed by atoms with Crippen LogP contribution in [0.2, 0.25) is 0 Å². The minimum absolute atomic E-state index is 0.135. The number of hydrogen-bond donors (Lipinski definition) is 1. The van der Waals surface area contributed by atoms with Gasteiger partial charge in [-0.15, -0.1) is 11.8 Å². The van der Waals surface area contributed by atoms with E-state index in [4.69, 9.17) is 5.73 Å². The average Bonchev–Trinajstić information content (AvgIpc) is 3.49. The molecular formula is C23H33N5OS. The molecule has 2 aromatic rings. The summed E-state index contributed by atoms with van der Waals surface area (Å²) in [4.78, 5) is 16.8. The third-order valence-electron chi connectivity index (χ3n) is 6.30. The molecule has 2 saturated heterocycles. The zero-order valence-corrected chi connectivity index (χ0v) is 18.5. The maximum atomic E-state index is 12.3. The summed E-state index contributed by atoms with van der Waals surface area (Å²) in [6.45, 7) is 4.21. The molecule has 6 nitrogen and oxygen atoms in total. The van der Waals surface area contributed by atoms with E-state index in [2.05, 4.69) is 45.0 Å². The van der Waals surface area contributed by atoms with E-state index in [0.717, 1.165) is 62.8 Å². The second-order valence-corrected chi connectivity index (χ2v) is 9.44. The number of carbonyl (C=O) groups excluding carboxylic acids is 1. The van der Waals surface area contributed by atoms with Crippen LogP contribution in [-0.4, -0.2) is 69.3 Å². The Morgan fingerprint density at radius 1 is 1.13 bits per heavy atom. The monoisotopic (exact) mass is 427 g/mol. The fraction of sp³-hybridized carbons (Fsp3) is 0.565. The Morgan fingerprint density at radius 3 is 2.67 bits per heavy atom. The van der Waals surface area contributed by atoms with Gasteiger partial charge in [0.1, 0.15) is 0 Å². The third kappa shape index (κ3) is 5.25. The molecule has 1 aromatic carbocycles. The number of likely N-dealkylation sites (tertiary alicyclic amines) is 1. The molecule has 0 unspecified atom stereocenters. The van der Waals surface area contributed by atoms with E-state index in [1.54, 1.807) is 0 Å². The van der Waals surface area contributed by atoms with Crippen LogP contribution in [0.15, 0.2) is 42.6 Å². The van der Waals surface area contributed by atoms with Gasteiger partial charge in [0.15, 0.2) is 0 Å². The fourth-order valence-electron chi connectivity index (χ4n) is 4.51. The first-order chi connectivity index (χ1) is 14.7. The van der Waals surface area contributed by atoms with Crippen LogP contribution in [0, 0.1) is 0 Å². The second kappa shape index (κ2) is 10.5. The lowest BCUT2D eigenvalue weighted by molar-refractivity contribution is -0.131. The van der Waals surface area contributed by atoms with Crippen molar-refractivity contribution >= 4 is 17.7 Å². The van der Waals surface area contributed by atoms with E-state index in [1.807, 2.05) is 28.9 Å². The molecule has 1 atom stereocenters. The standard InChI is InChI=1S/C23H33N5OS/c24-21(23(29)27-16-17-30-18-27)8-4-5-13-26-14-10-19(11-15-26)22-9-12-25-28(22)20-6-2-1-3-7-20/h1-3,6-7,9,12,19,21H,4-5,8,10-11,13-18,24H2/t21-/m0/s1. The van der Waals surface area contributed by atoms with Gasteiger partial charge in [-0.1, -0.05) is 24.6 Å². The number of amides is 1. The number of aromatic nitrogens is 2. The summed E-state index contributed by atoms with van der Waals surface area (Å²) in [5.41, 5.74) is 8.59. The van der Waals surface area contributed by atoms with Gasteiger partial charge in [-0.2, -0.15) is 5.10 Å². The molecule has 2 N–H and O–H groups in total. The Kier molecular flexibility index (Phi) is 7.47. The highest BCUT2D eigenvalue weighted by molar-refractivity contribution is 7.99. The van der Waals surface area contributed by atoms with Crippen molar-refractivity contribution in [1.82, 2.24) is 19.6 Å². The molecule has 4 rings (SSSR count). The predicted molar refractivity (Wildman–Crippen MR) is 123 cm³/mol.